The summed E-state index contributed by atoms with van der Waals surface area (Å²) >= 11 is 5.41. The second-order valence-electron chi connectivity index (χ2n) is 2.93. The quantitative estimate of drug-likeness (QED) is 0.455. The average molecular weight is 238 g/mol. The molecule has 16 heavy (non-hydrogen) atoms. The number of aldehydes is 1. The van der Waals surface area contributed by atoms with Gasteiger partial charge in [-0.3, -0.25) is 9.59 Å². The Hall–Kier alpha value is -1.86. The molecule has 0 heterocycles. The Morgan fingerprint density at radius 3 is 2.75 bits per heavy atom. The second kappa shape index (κ2) is 5.29. The Balaban J connectivity index is 3.44. The lowest BCUT2D eigenvalue weighted by molar-refractivity contribution is 0.101. The van der Waals surface area contributed by atoms with E-state index in [1.54, 1.807) is 0 Å². The minimum Gasteiger partial charge on any atom is -0.495 e. The van der Waals surface area contributed by atoms with Crippen LogP contribution in [0, 0.1) is 11.3 Å². The van der Waals surface area contributed by atoms with Crippen LogP contribution in [0.15, 0.2) is 12.1 Å². The smallest absolute Gasteiger partial charge is 0.178 e. The number of carbonyl (C=O) groups excluding carboxylic acids is 2. The summed E-state index contributed by atoms with van der Waals surface area (Å²) in [4.78, 5) is 22.2. The summed E-state index contributed by atoms with van der Waals surface area (Å²) in [7, 11) is 1.38. The zero-order chi connectivity index (χ0) is 12.1. The van der Waals surface area contributed by atoms with Crippen LogP contribution in [0.25, 0.3) is 0 Å². The number of carbonyl (C=O) groups is 2. The van der Waals surface area contributed by atoms with Gasteiger partial charge >= 0.3 is 0 Å². The van der Waals surface area contributed by atoms with Crippen molar-refractivity contribution in [1.82, 2.24) is 0 Å². The highest BCUT2D eigenvalue weighted by atomic mass is 35.5. The van der Waals surface area contributed by atoms with Gasteiger partial charge in [0.05, 0.1) is 18.6 Å². The molecule has 82 valence electrons. The van der Waals surface area contributed by atoms with Crippen LogP contribution in [-0.2, 0) is 0 Å². The highest BCUT2D eigenvalue weighted by molar-refractivity contribution is 6.31. The summed E-state index contributed by atoms with van der Waals surface area (Å²) in [5.74, 6) is -0.378. The van der Waals surface area contributed by atoms with E-state index >= 15 is 0 Å². The van der Waals surface area contributed by atoms with Crippen molar-refractivity contribution in [3.63, 3.8) is 0 Å². The van der Waals surface area contributed by atoms with E-state index in [1.165, 1.54) is 19.2 Å². The molecule has 0 radical (unpaired) electrons. The third kappa shape index (κ3) is 2.20. The van der Waals surface area contributed by atoms with Crippen LogP contribution < -0.4 is 4.74 Å². The Morgan fingerprint density at radius 2 is 2.31 bits per heavy atom. The molecule has 1 aromatic carbocycles. The van der Waals surface area contributed by atoms with Gasteiger partial charge in [0.15, 0.2) is 12.1 Å². The van der Waals surface area contributed by atoms with Crippen LogP contribution >= 0.6 is 11.6 Å². The summed E-state index contributed by atoms with van der Waals surface area (Å²) in [6, 6.07) is 4.55. The van der Waals surface area contributed by atoms with Crippen LogP contribution in [0.5, 0.6) is 5.75 Å². The third-order valence-corrected chi connectivity index (χ3v) is 2.28. The highest BCUT2D eigenvalue weighted by Gasteiger charge is 2.14. The van der Waals surface area contributed by atoms with Gasteiger partial charge in [0.2, 0.25) is 0 Å². The van der Waals surface area contributed by atoms with Crippen molar-refractivity contribution in [1.29, 1.82) is 5.26 Å². The van der Waals surface area contributed by atoms with E-state index in [0.29, 0.717) is 6.29 Å². The molecule has 0 aromatic heterocycles. The van der Waals surface area contributed by atoms with E-state index < -0.39 is 5.78 Å². The Kier molecular flexibility index (Phi) is 4.03. The van der Waals surface area contributed by atoms with E-state index in [1.807, 2.05) is 6.07 Å². The SMILES string of the molecule is COc1cc(C=O)c(C(=O)CCl)cc1C#N. The number of methoxy groups -OCH3 is 1. The van der Waals surface area contributed by atoms with Gasteiger partial charge in [0.1, 0.15) is 11.8 Å². The number of nitrogens with zero attached hydrogens (tertiary/aromatic N) is 1. The van der Waals surface area contributed by atoms with Crippen LogP contribution in [0.4, 0.5) is 0 Å². The predicted molar refractivity (Wildman–Crippen MR) is 58.1 cm³/mol. The largest absolute Gasteiger partial charge is 0.495 e. The zero-order valence-electron chi connectivity index (χ0n) is 8.49. The van der Waals surface area contributed by atoms with Crippen molar-refractivity contribution in [3.05, 3.63) is 28.8 Å². The van der Waals surface area contributed by atoms with Gasteiger partial charge in [-0.25, -0.2) is 0 Å². The first-order valence-corrected chi connectivity index (χ1v) is 4.87. The molecule has 0 unspecified atom stereocenters. The van der Waals surface area contributed by atoms with Gasteiger partial charge in [0.25, 0.3) is 0 Å². The van der Waals surface area contributed by atoms with E-state index in [2.05, 4.69) is 0 Å². The van der Waals surface area contributed by atoms with Crippen LogP contribution in [0.1, 0.15) is 26.3 Å². The van der Waals surface area contributed by atoms with Crippen molar-refractivity contribution >= 4 is 23.7 Å². The van der Waals surface area contributed by atoms with Crippen LogP contribution in [0.2, 0.25) is 0 Å². The summed E-state index contributed by atoms with van der Waals surface area (Å²) < 4.78 is 4.92. The van der Waals surface area contributed by atoms with Crippen molar-refractivity contribution in [2.75, 3.05) is 13.0 Å². The number of alkyl halides is 1. The molecule has 0 amide bonds. The third-order valence-electron chi connectivity index (χ3n) is 2.04. The Labute approximate surface area is 97.4 Å². The number of ketones is 1. The first-order valence-electron chi connectivity index (χ1n) is 4.34. The molecule has 0 fully saturated rings. The van der Waals surface area contributed by atoms with Crippen molar-refractivity contribution in [3.8, 4) is 11.8 Å². The number of hydrogen-bond acceptors (Lipinski definition) is 4. The van der Waals surface area contributed by atoms with Crippen molar-refractivity contribution in [2.45, 2.75) is 0 Å². The standard InChI is InChI=1S/C11H8ClNO3/c1-16-11-3-8(6-14)9(10(15)4-12)2-7(11)5-13/h2-3,6H,4H2,1H3. The average Bonchev–Trinajstić information content (AvgIpc) is 2.35. The number of halogens is 1. The molecular weight excluding hydrogens is 230 g/mol. The minimum absolute atomic E-state index is 0.141. The molecule has 0 atom stereocenters. The van der Waals surface area contributed by atoms with Crippen LogP contribution in [0.3, 0.4) is 0 Å². The zero-order valence-corrected chi connectivity index (χ0v) is 9.25. The lowest BCUT2D eigenvalue weighted by atomic mass is 10.0. The molecule has 0 saturated carbocycles. The molecule has 0 aliphatic rings. The van der Waals surface area contributed by atoms with Gasteiger partial charge in [-0.15, -0.1) is 11.6 Å². The van der Waals surface area contributed by atoms with Gasteiger partial charge in [-0.05, 0) is 12.1 Å². The van der Waals surface area contributed by atoms with Gasteiger partial charge in [-0.1, -0.05) is 0 Å². The lowest BCUT2D eigenvalue weighted by Crippen LogP contribution is -2.06. The van der Waals surface area contributed by atoms with Gasteiger partial charge < -0.3 is 4.74 Å². The Bertz CT molecular complexity index is 477. The number of rotatable bonds is 4. The molecular formula is C11H8ClNO3. The molecule has 0 aliphatic carbocycles. The number of hydrogen-bond donors (Lipinski definition) is 0. The monoisotopic (exact) mass is 237 g/mol. The van der Waals surface area contributed by atoms with E-state index in [0.717, 1.165) is 0 Å². The van der Waals surface area contributed by atoms with E-state index in [4.69, 9.17) is 21.6 Å². The minimum atomic E-state index is -0.400. The van der Waals surface area contributed by atoms with E-state index in [-0.39, 0.29) is 28.3 Å². The number of nitriles is 1. The van der Waals surface area contributed by atoms with Crippen molar-refractivity contribution < 1.29 is 14.3 Å². The molecule has 0 aliphatic heterocycles. The van der Waals surface area contributed by atoms with Crippen LogP contribution in [-0.4, -0.2) is 25.1 Å². The molecule has 0 N–H and O–H groups in total. The lowest BCUT2D eigenvalue weighted by Gasteiger charge is -2.07. The molecule has 5 heteroatoms. The number of ether oxygens (including phenoxy) is 1. The van der Waals surface area contributed by atoms with Gasteiger partial charge in [-0.2, -0.15) is 5.26 Å². The summed E-state index contributed by atoms with van der Waals surface area (Å²) in [6.45, 7) is 0. The summed E-state index contributed by atoms with van der Waals surface area (Å²) in [5.41, 5.74) is 0.505. The molecule has 0 bridgehead atoms. The fourth-order valence-electron chi connectivity index (χ4n) is 1.26. The summed E-state index contributed by atoms with van der Waals surface area (Å²) in [5, 5.41) is 8.83. The molecule has 0 saturated heterocycles. The fraction of sp³-hybridized carbons (Fsp3) is 0.182. The molecule has 4 nitrogen and oxygen atoms in total. The molecule has 0 spiro atoms. The first kappa shape index (κ1) is 12.2. The molecule has 1 rings (SSSR count). The topological polar surface area (TPSA) is 67.2 Å². The molecule has 1 aromatic rings. The van der Waals surface area contributed by atoms with E-state index in [9.17, 15) is 9.59 Å². The van der Waals surface area contributed by atoms with Gasteiger partial charge in [0, 0.05) is 11.1 Å². The highest BCUT2D eigenvalue weighted by Crippen LogP contribution is 2.22. The summed E-state index contributed by atoms with van der Waals surface area (Å²) in [6.07, 6.45) is 0.531. The number of benzene rings is 1. The van der Waals surface area contributed by atoms with Crippen molar-refractivity contribution in [2.24, 2.45) is 0 Å². The maximum atomic E-state index is 11.4. The fourth-order valence-corrected chi connectivity index (χ4v) is 1.41. The Morgan fingerprint density at radius 1 is 1.62 bits per heavy atom. The normalized spacial score (nSPS) is 9.31. The number of Topliss-reactive ketones (excluding diaryl/α,β-unsaturated/α-hetero) is 1. The second-order valence-corrected chi connectivity index (χ2v) is 3.19. The maximum absolute atomic E-state index is 11.4. The maximum Gasteiger partial charge on any atom is 0.178 e. The first-order chi connectivity index (χ1) is 7.67. The predicted octanol–water partition coefficient (Wildman–Crippen LogP) is 1.80.